The molecule has 166 valence electrons. The lowest BCUT2D eigenvalue weighted by Gasteiger charge is -2.29. The minimum Gasteiger partial charge on any atom is -0.378 e. The monoisotopic (exact) mass is 422 g/mol. The molecule has 2 unspecified atom stereocenters. The van der Waals surface area contributed by atoms with Crippen LogP contribution in [0.25, 0.3) is 0 Å². The summed E-state index contributed by atoms with van der Waals surface area (Å²) in [6.07, 6.45) is 0.991. The van der Waals surface area contributed by atoms with E-state index in [1.54, 1.807) is 4.90 Å². The van der Waals surface area contributed by atoms with Crippen molar-refractivity contribution in [2.24, 2.45) is 0 Å². The van der Waals surface area contributed by atoms with Crippen molar-refractivity contribution in [3.05, 3.63) is 65.7 Å². The zero-order valence-corrected chi connectivity index (χ0v) is 18.7. The van der Waals surface area contributed by atoms with Gasteiger partial charge in [-0.25, -0.2) is 4.79 Å². The summed E-state index contributed by atoms with van der Waals surface area (Å²) in [4.78, 5) is 19.3. The van der Waals surface area contributed by atoms with E-state index in [9.17, 15) is 4.79 Å². The first kappa shape index (κ1) is 21.7. The van der Waals surface area contributed by atoms with E-state index < -0.39 is 0 Å². The quantitative estimate of drug-likeness (QED) is 0.774. The van der Waals surface area contributed by atoms with Gasteiger partial charge in [-0.2, -0.15) is 0 Å². The topological polar surface area (TPSA) is 48.1 Å². The summed E-state index contributed by atoms with van der Waals surface area (Å²) in [5.74, 6) is 0. The lowest BCUT2D eigenvalue weighted by molar-refractivity contribution is 0.122. The van der Waals surface area contributed by atoms with Crippen LogP contribution < -0.4 is 10.2 Å². The molecule has 2 fully saturated rings. The van der Waals surface area contributed by atoms with E-state index in [0.29, 0.717) is 12.6 Å². The maximum Gasteiger partial charge on any atom is 0.317 e. The van der Waals surface area contributed by atoms with E-state index in [1.165, 1.54) is 11.3 Å². The average Bonchev–Trinajstić information content (AvgIpc) is 3.28. The van der Waals surface area contributed by atoms with E-state index in [1.807, 2.05) is 7.05 Å². The van der Waals surface area contributed by atoms with Gasteiger partial charge in [-0.1, -0.05) is 42.5 Å². The molecule has 0 radical (unpaired) electrons. The number of likely N-dealkylation sites (tertiary alicyclic amines) is 1. The molecule has 2 aromatic carbocycles. The number of anilines is 1. The van der Waals surface area contributed by atoms with Crippen molar-refractivity contribution < 1.29 is 9.53 Å². The highest BCUT2D eigenvalue weighted by Crippen LogP contribution is 2.24. The minimum absolute atomic E-state index is 0.00327. The molecule has 0 aliphatic carbocycles. The van der Waals surface area contributed by atoms with Gasteiger partial charge in [-0.05, 0) is 36.6 Å². The molecule has 2 aliphatic rings. The van der Waals surface area contributed by atoms with Crippen molar-refractivity contribution in [1.82, 2.24) is 15.1 Å². The molecule has 2 saturated heterocycles. The van der Waals surface area contributed by atoms with Crippen molar-refractivity contribution in [2.45, 2.75) is 32.0 Å². The van der Waals surface area contributed by atoms with Crippen LogP contribution in [0.2, 0.25) is 0 Å². The second-order valence-electron chi connectivity index (χ2n) is 8.64. The van der Waals surface area contributed by atoms with E-state index in [0.717, 1.165) is 51.4 Å². The Morgan fingerprint density at radius 1 is 1.10 bits per heavy atom. The number of ether oxygens (including phenoxy) is 1. The smallest absolute Gasteiger partial charge is 0.317 e. The predicted molar refractivity (Wildman–Crippen MR) is 124 cm³/mol. The first-order chi connectivity index (χ1) is 15.1. The third-order valence-corrected chi connectivity index (χ3v) is 6.46. The number of hydrogen-bond donors (Lipinski definition) is 1. The molecule has 0 bridgehead atoms. The van der Waals surface area contributed by atoms with E-state index in [-0.39, 0.29) is 12.1 Å². The molecular weight excluding hydrogens is 388 g/mol. The third-order valence-electron chi connectivity index (χ3n) is 6.46. The molecular formula is C25H34N4O2. The number of carbonyl (C=O) groups is 1. The standard InChI is InChI=1S/C25H34N4O2/c1-20(22-6-4-3-5-7-22)29-13-12-23(19-29)26-25(30)27(2)18-21-8-10-24(11-9-21)28-14-16-31-17-15-28/h3-11,20,23H,12-19H2,1-2H3,(H,26,30). The van der Waals surface area contributed by atoms with Crippen molar-refractivity contribution in [2.75, 3.05) is 51.3 Å². The Balaban J connectivity index is 1.25. The van der Waals surface area contributed by atoms with Crippen LogP contribution in [0.3, 0.4) is 0 Å². The summed E-state index contributed by atoms with van der Waals surface area (Å²) in [5.41, 5.74) is 3.69. The second-order valence-corrected chi connectivity index (χ2v) is 8.64. The number of amides is 2. The summed E-state index contributed by atoms with van der Waals surface area (Å²) in [5, 5.41) is 3.22. The van der Waals surface area contributed by atoms with Crippen molar-refractivity contribution in [3.8, 4) is 0 Å². The van der Waals surface area contributed by atoms with Crippen LogP contribution in [0.4, 0.5) is 10.5 Å². The fourth-order valence-corrected chi connectivity index (χ4v) is 4.46. The van der Waals surface area contributed by atoms with Gasteiger partial charge < -0.3 is 19.9 Å². The second kappa shape index (κ2) is 10.2. The molecule has 6 nitrogen and oxygen atoms in total. The Labute approximate surface area is 185 Å². The van der Waals surface area contributed by atoms with Crippen LogP contribution in [0, 0.1) is 0 Å². The number of nitrogens with zero attached hydrogens (tertiary/aromatic N) is 3. The van der Waals surface area contributed by atoms with E-state index >= 15 is 0 Å². The minimum atomic E-state index is -0.00327. The Kier molecular flexibility index (Phi) is 7.10. The highest BCUT2D eigenvalue weighted by molar-refractivity contribution is 5.74. The molecule has 0 saturated carbocycles. The first-order valence-corrected chi connectivity index (χ1v) is 11.3. The normalized spacial score (nSPS) is 20.5. The molecule has 2 atom stereocenters. The Morgan fingerprint density at radius 3 is 2.52 bits per heavy atom. The maximum atomic E-state index is 12.7. The fraction of sp³-hybridized carbons (Fsp3) is 0.480. The van der Waals surface area contributed by atoms with Crippen molar-refractivity contribution in [1.29, 1.82) is 0 Å². The van der Waals surface area contributed by atoms with Crippen LogP contribution in [0.5, 0.6) is 0 Å². The van der Waals surface area contributed by atoms with Gasteiger partial charge in [-0.15, -0.1) is 0 Å². The van der Waals surface area contributed by atoms with Crippen LogP contribution in [-0.4, -0.2) is 68.3 Å². The van der Waals surface area contributed by atoms with Gasteiger partial charge in [0, 0.05) is 57.5 Å². The van der Waals surface area contributed by atoms with Gasteiger partial charge in [0.25, 0.3) is 0 Å². The summed E-state index contributed by atoms with van der Waals surface area (Å²) in [6.45, 7) is 8.18. The highest BCUT2D eigenvalue weighted by atomic mass is 16.5. The molecule has 31 heavy (non-hydrogen) atoms. The number of benzene rings is 2. The molecule has 1 N–H and O–H groups in total. The zero-order chi connectivity index (χ0) is 21.6. The summed E-state index contributed by atoms with van der Waals surface area (Å²) in [6, 6.07) is 19.7. The third kappa shape index (κ3) is 5.57. The van der Waals surface area contributed by atoms with Gasteiger partial charge in [-0.3, -0.25) is 4.90 Å². The molecule has 2 heterocycles. The van der Waals surface area contributed by atoms with Gasteiger partial charge in [0.05, 0.1) is 13.2 Å². The van der Waals surface area contributed by atoms with E-state index in [4.69, 9.17) is 4.74 Å². The Bertz CT molecular complexity index is 836. The molecule has 2 amide bonds. The number of hydrogen-bond acceptors (Lipinski definition) is 4. The van der Waals surface area contributed by atoms with Crippen molar-refractivity contribution in [3.63, 3.8) is 0 Å². The molecule has 6 heteroatoms. The van der Waals surface area contributed by atoms with Gasteiger partial charge in [0.1, 0.15) is 0 Å². The van der Waals surface area contributed by atoms with Crippen molar-refractivity contribution >= 4 is 11.7 Å². The largest absolute Gasteiger partial charge is 0.378 e. The zero-order valence-electron chi connectivity index (χ0n) is 18.7. The molecule has 2 aliphatic heterocycles. The van der Waals surface area contributed by atoms with Gasteiger partial charge in [0.2, 0.25) is 0 Å². The number of carbonyl (C=O) groups excluding carboxylic acids is 1. The lowest BCUT2D eigenvalue weighted by atomic mass is 10.1. The van der Waals surface area contributed by atoms with Crippen LogP contribution >= 0.6 is 0 Å². The summed E-state index contributed by atoms with van der Waals surface area (Å²) < 4.78 is 5.42. The molecule has 2 aromatic rings. The molecule has 4 rings (SSSR count). The van der Waals surface area contributed by atoms with Crippen LogP contribution in [0.1, 0.15) is 30.5 Å². The van der Waals surface area contributed by atoms with Gasteiger partial charge in [0.15, 0.2) is 0 Å². The van der Waals surface area contributed by atoms with Crippen LogP contribution in [0.15, 0.2) is 54.6 Å². The Morgan fingerprint density at radius 2 is 1.81 bits per heavy atom. The van der Waals surface area contributed by atoms with Crippen LogP contribution in [-0.2, 0) is 11.3 Å². The SMILES string of the molecule is CC(c1ccccc1)N1CCC(NC(=O)N(C)Cc2ccc(N3CCOCC3)cc2)C1. The molecule has 0 aromatic heterocycles. The highest BCUT2D eigenvalue weighted by Gasteiger charge is 2.28. The molecule has 0 spiro atoms. The number of morpholine rings is 1. The fourth-order valence-electron chi connectivity index (χ4n) is 4.46. The average molecular weight is 423 g/mol. The summed E-state index contributed by atoms with van der Waals surface area (Å²) >= 11 is 0. The first-order valence-electron chi connectivity index (χ1n) is 11.3. The number of nitrogens with one attached hydrogen (secondary N) is 1. The maximum absolute atomic E-state index is 12.7. The Hall–Kier alpha value is -2.57. The number of urea groups is 1. The number of rotatable bonds is 6. The summed E-state index contributed by atoms with van der Waals surface area (Å²) in [7, 11) is 1.87. The van der Waals surface area contributed by atoms with Gasteiger partial charge >= 0.3 is 6.03 Å². The predicted octanol–water partition coefficient (Wildman–Crippen LogP) is 3.50. The lowest BCUT2D eigenvalue weighted by Crippen LogP contribution is -2.44. The van der Waals surface area contributed by atoms with E-state index in [2.05, 4.69) is 76.6 Å².